The Morgan fingerprint density at radius 3 is 2.65 bits per heavy atom. The third-order valence-electron chi connectivity index (χ3n) is 5.14. The number of aliphatic hydroxyl groups excluding tert-OH is 1. The van der Waals surface area contributed by atoms with Crippen molar-refractivity contribution in [3.05, 3.63) is 40.2 Å². The molecule has 1 heterocycles. The molecule has 5 N–H and O–H groups in total. The van der Waals surface area contributed by atoms with Crippen LogP contribution in [0.15, 0.2) is 24.5 Å². The number of nitrogen functional groups attached to an aromatic ring is 1. The zero-order chi connectivity index (χ0) is 22.9. The molecular weight excluding hydrogens is 404 g/mol. The van der Waals surface area contributed by atoms with Crippen molar-refractivity contribution in [3.8, 4) is 16.9 Å². The summed E-state index contributed by atoms with van der Waals surface area (Å²) in [6, 6.07) is 4.84. The Bertz CT molecular complexity index is 1170. The lowest BCUT2D eigenvalue weighted by Gasteiger charge is -2.23. The molecule has 3 rings (SSSR count). The number of imidazole rings is 1. The van der Waals surface area contributed by atoms with Gasteiger partial charge in [-0.05, 0) is 30.7 Å². The number of ether oxygens (including phenoxy) is 1. The standard InChI is InChI=1S/C20H24N6O5/c1-4-25-10-23-13-7-11(8-15(31-3)19(13)25)12-9-14(24(2)5-6-27)16(20(22)28)17(21)18(12)26(29)30/h7-10,27H,4-6,21H2,1-3H3,(H2,22,28). The number of rotatable bonds is 8. The summed E-state index contributed by atoms with van der Waals surface area (Å²) in [6.07, 6.45) is 1.66. The maximum absolute atomic E-state index is 12.1. The third-order valence-corrected chi connectivity index (χ3v) is 5.14. The Morgan fingerprint density at radius 2 is 2.10 bits per heavy atom. The molecule has 0 unspecified atom stereocenters. The molecule has 11 nitrogen and oxygen atoms in total. The van der Waals surface area contributed by atoms with Gasteiger partial charge in [0, 0.05) is 20.1 Å². The SMILES string of the molecule is CCn1cnc2cc(-c3cc(N(C)CCO)c(C(N)=O)c(N)c3[N+](=O)[O-])cc(OC)c21. The number of fused-ring (bicyclic) bond motifs is 1. The molecule has 2 aromatic carbocycles. The van der Waals surface area contributed by atoms with E-state index in [1.54, 1.807) is 30.4 Å². The number of likely N-dealkylation sites (N-methyl/N-ethyl adjacent to an activating group) is 1. The summed E-state index contributed by atoms with van der Waals surface area (Å²) in [5.41, 5.74) is 12.9. The molecule has 0 aliphatic carbocycles. The number of nitrogens with two attached hydrogens (primary N) is 2. The van der Waals surface area contributed by atoms with E-state index in [4.69, 9.17) is 16.2 Å². The first kappa shape index (κ1) is 21.8. The lowest BCUT2D eigenvalue weighted by Crippen LogP contribution is -2.26. The summed E-state index contributed by atoms with van der Waals surface area (Å²) < 4.78 is 7.42. The number of hydrogen-bond donors (Lipinski definition) is 3. The van der Waals surface area contributed by atoms with E-state index in [9.17, 15) is 20.0 Å². The first-order valence-corrected chi connectivity index (χ1v) is 9.50. The van der Waals surface area contributed by atoms with Gasteiger partial charge in [0.1, 0.15) is 17.0 Å². The molecular formula is C20H24N6O5. The van der Waals surface area contributed by atoms with Crippen molar-refractivity contribution in [1.82, 2.24) is 9.55 Å². The van der Waals surface area contributed by atoms with Crippen LogP contribution in [0, 0.1) is 10.1 Å². The number of anilines is 2. The lowest BCUT2D eigenvalue weighted by atomic mass is 9.96. The Balaban J connectivity index is 2.39. The Hall–Kier alpha value is -3.86. The Labute approximate surface area is 178 Å². The van der Waals surface area contributed by atoms with E-state index in [0.29, 0.717) is 23.4 Å². The van der Waals surface area contributed by atoms with Gasteiger partial charge in [-0.25, -0.2) is 4.98 Å². The second-order valence-electron chi connectivity index (χ2n) is 6.92. The number of methoxy groups -OCH3 is 1. The predicted octanol–water partition coefficient (Wildman–Crippen LogP) is 1.75. The van der Waals surface area contributed by atoms with Gasteiger partial charge in [-0.1, -0.05) is 0 Å². The monoisotopic (exact) mass is 428 g/mol. The smallest absolute Gasteiger partial charge is 0.300 e. The van der Waals surface area contributed by atoms with Gasteiger partial charge in [0.05, 0.1) is 47.3 Å². The van der Waals surface area contributed by atoms with E-state index in [1.807, 2.05) is 11.5 Å². The zero-order valence-electron chi connectivity index (χ0n) is 17.5. The van der Waals surface area contributed by atoms with Crippen LogP contribution in [0.4, 0.5) is 17.1 Å². The minimum Gasteiger partial charge on any atom is -0.494 e. The molecule has 0 fully saturated rings. The van der Waals surface area contributed by atoms with Crippen LogP contribution in [0.3, 0.4) is 0 Å². The van der Waals surface area contributed by atoms with Crippen LogP contribution in [0.5, 0.6) is 5.75 Å². The van der Waals surface area contributed by atoms with Crippen LogP contribution < -0.4 is 21.1 Å². The first-order chi connectivity index (χ1) is 14.7. The van der Waals surface area contributed by atoms with Crippen LogP contribution >= 0.6 is 0 Å². The molecule has 164 valence electrons. The number of amides is 1. The zero-order valence-corrected chi connectivity index (χ0v) is 17.5. The molecule has 1 aromatic heterocycles. The molecule has 0 atom stereocenters. The van der Waals surface area contributed by atoms with Gasteiger partial charge in [0.2, 0.25) is 0 Å². The van der Waals surface area contributed by atoms with E-state index in [-0.39, 0.29) is 35.7 Å². The highest BCUT2D eigenvalue weighted by atomic mass is 16.6. The largest absolute Gasteiger partial charge is 0.494 e. The Morgan fingerprint density at radius 1 is 1.39 bits per heavy atom. The molecule has 0 aliphatic rings. The second kappa shape index (κ2) is 8.48. The van der Waals surface area contributed by atoms with E-state index < -0.39 is 16.5 Å². The molecule has 0 bridgehead atoms. The molecule has 1 amide bonds. The Kier molecular flexibility index (Phi) is 5.97. The number of nitro groups is 1. The quantitative estimate of drug-likeness (QED) is 0.277. The van der Waals surface area contributed by atoms with Crippen molar-refractivity contribution < 1.29 is 19.6 Å². The van der Waals surface area contributed by atoms with E-state index in [1.165, 1.54) is 13.2 Å². The second-order valence-corrected chi connectivity index (χ2v) is 6.92. The number of aliphatic hydroxyl groups is 1. The number of benzene rings is 2. The van der Waals surface area contributed by atoms with Crippen molar-refractivity contribution in [2.45, 2.75) is 13.5 Å². The van der Waals surface area contributed by atoms with E-state index in [2.05, 4.69) is 4.98 Å². The topological polar surface area (TPSA) is 163 Å². The minimum absolute atomic E-state index is 0.167. The average molecular weight is 428 g/mol. The van der Waals surface area contributed by atoms with Crippen molar-refractivity contribution in [3.63, 3.8) is 0 Å². The van der Waals surface area contributed by atoms with Gasteiger partial charge >= 0.3 is 5.69 Å². The minimum atomic E-state index is -0.901. The maximum atomic E-state index is 12.1. The summed E-state index contributed by atoms with van der Waals surface area (Å²) in [5, 5.41) is 21.2. The van der Waals surface area contributed by atoms with Crippen LogP contribution in [0.25, 0.3) is 22.2 Å². The highest BCUT2D eigenvalue weighted by molar-refractivity contribution is 6.08. The van der Waals surface area contributed by atoms with Gasteiger partial charge in [-0.15, -0.1) is 0 Å². The fourth-order valence-corrected chi connectivity index (χ4v) is 3.65. The molecule has 11 heteroatoms. The molecule has 3 aromatic rings. The van der Waals surface area contributed by atoms with Crippen molar-refractivity contribution >= 4 is 34.0 Å². The number of hydrogen-bond acceptors (Lipinski definition) is 8. The summed E-state index contributed by atoms with van der Waals surface area (Å²) >= 11 is 0. The van der Waals surface area contributed by atoms with Gasteiger partial charge in [0.15, 0.2) is 0 Å². The van der Waals surface area contributed by atoms with Gasteiger partial charge in [0.25, 0.3) is 5.91 Å². The number of nitrogens with zero attached hydrogens (tertiary/aromatic N) is 4. The molecule has 0 aliphatic heterocycles. The van der Waals surface area contributed by atoms with E-state index >= 15 is 0 Å². The number of carbonyl (C=O) groups is 1. The molecule has 0 radical (unpaired) electrons. The number of nitro benzene ring substituents is 1. The van der Waals surface area contributed by atoms with Crippen molar-refractivity contribution in [2.24, 2.45) is 5.73 Å². The van der Waals surface area contributed by atoms with Crippen molar-refractivity contribution in [1.29, 1.82) is 0 Å². The fraction of sp³-hybridized carbons (Fsp3) is 0.300. The number of primary amides is 1. The summed E-state index contributed by atoms with van der Waals surface area (Å²) in [7, 11) is 3.13. The lowest BCUT2D eigenvalue weighted by molar-refractivity contribution is -0.383. The van der Waals surface area contributed by atoms with Gasteiger partial charge in [-0.3, -0.25) is 14.9 Å². The average Bonchev–Trinajstić information content (AvgIpc) is 3.15. The number of aryl methyl sites for hydroxylation is 1. The van der Waals surface area contributed by atoms with Crippen LogP contribution in [-0.4, -0.2) is 52.8 Å². The highest BCUT2D eigenvalue weighted by Crippen LogP contribution is 2.43. The fourth-order valence-electron chi connectivity index (χ4n) is 3.65. The predicted molar refractivity (Wildman–Crippen MR) is 117 cm³/mol. The number of aromatic nitrogens is 2. The third kappa shape index (κ3) is 3.70. The highest BCUT2D eigenvalue weighted by Gasteiger charge is 2.29. The van der Waals surface area contributed by atoms with Crippen LogP contribution in [0.2, 0.25) is 0 Å². The summed E-state index contributed by atoms with van der Waals surface area (Å²) in [5.74, 6) is -0.411. The molecule has 31 heavy (non-hydrogen) atoms. The first-order valence-electron chi connectivity index (χ1n) is 9.50. The van der Waals surface area contributed by atoms with Crippen LogP contribution in [-0.2, 0) is 6.54 Å². The van der Waals surface area contributed by atoms with E-state index in [0.717, 1.165) is 5.52 Å². The normalized spacial score (nSPS) is 11.0. The summed E-state index contributed by atoms with van der Waals surface area (Å²) in [6.45, 7) is 2.60. The van der Waals surface area contributed by atoms with Gasteiger partial charge in [-0.2, -0.15) is 0 Å². The molecule has 0 saturated carbocycles. The van der Waals surface area contributed by atoms with Crippen LogP contribution in [0.1, 0.15) is 17.3 Å². The summed E-state index contributed by atoms with van der Waals surface area (Å²) in [4.78, 5) is 29.3. The number of carbonyl (C=O) groups excluding carboxylic acids is 1. The maximum Gasteiger partial charge on any atom is 0.300 e. The van der Waals surface area contributed by atoms with Gasteiger partial charge < -0.3 is 30.8 Å². The van der Waals surface area contributed by atoms with Crippen molar-refractivity contribution in [2.75, 3.05) is 37.9 Å². The molecule has 0 spiro atoms. The molecule has 0 saturated heterocycles.